The molecule has 1 aliphatic carbocycles. The van der Waals surface area contributed by atoms with E-state index in [4.69, 9.17) is 4.74 Å². The molecular weight excluding hydrogens is 414 g/mol. The fourth-order valence-electron chi connectivity index (χ4n) is 4.36. The van der Waals surface area contributed by atoms with Crippen LogP contribution in [0.15, 0.2) is 17.0 Å². The number of piperidine rings is 1. The summed E-state index contributed by atoms with van der Waals surface area (Å²) in [6.45, 7) is 4.84. The number of ether oxygens (including phenoxy) is 1. The zero-order chi connectivity index (χ0) is 21.5. The van der Waals surface area contributed by atoms with E-state index in [0.717, 1.165) is 43.9 Å². The molecule has 1 aromatic heterocycles. The van der Waals surface area contributed by atoms with Crippen LogP contribution in [0.4, 0.5) is 4.79 Å². The molecular formula is C22H33N5O3S. The van der Waals surface area contributed by atoms with E-state index >= 15 is 0 Å². The maximum absolute atomic E-state index is 12.5. The van der Waals surface area contributed by atoms with Gasteiger partial charge in [0.25, 0.3) is 5.91 Å². The fourth-order valence-corrected chi connectivity index (χ4v) is 5.33. The Kier molecular flexibility index (Phi) is 7.93. The van der Waals surface area contributed by atoms with Crippen LogP contribution in [-0.2, 0) is 4.74 Å². The summed E-state index contributed by atoms with van der Waals surface area (Å²) in [5.41, 5.74) is 4.87. The number of urea groups is 1. The summed E-state index contributed by atoms with van der Waals surface area (Å²) in [5, 5.41) is 7.79. The monoisotopic (exact) mass is 447 g/mol. The first-order chi connectivity index (χ1) is 15.2. The van der Waals surface area contributed by atoms with E-state index in [-0.39, 0.29) is 11.9 Å². The third kappa shape index (κ3) is 6.27. The number of nitrogens with one attached hydrogen (secondary N) is 2. The number of aromatic nitrogens is 1. The Morgan fingerprint density at radius 2 is 1.97 bits per heavy atom. The first kappa shape index (κ1) is 22.2. The molecule has 1 aromatic rings. The van der Waals surface area contributed by atoms with Gasteiger partial charge in [-0.25, -0.2) is 14.8 Å². The predicted molar refractivity (Wildman–Crippen MR) is 120 cm³/mol. The largest absolute Gasteiger partial charge is 0.379 e. The second-order valence-electron chi connectivity index (χ2n) is 8.46. The fraction of sp³-hybridized carbons (Fsp3) is 0.682. The number of hydrogen-bond donors (Lipinski definition) is 2. The van der Waals surface area contributed by atoms with E-state index < -0.39 is 0 Å². The first-order valence-corrected chi connectivity index (χ1v) is 12.4. The Morgan fingerprint density at radius 1 is 1.16 bits per heavy atom. The van der Waals surface area contributed by atoms with Gasteiger partial charge in [-0.3, -0.25) is 10.2 Å². The lowest BCUT2D eigenvalue weighted by Crippen LogP contribution is -2.48. The smallest absolute Gasteiger partial charge is 0.317 e. The molecule has 0 spiro atoms. The Morgan fingerprint density at radius 3 is 2.71 bits per heavy atom. The average molecular weight is 448 g/mol. The molecule has 0 atom stereocenters. The number of thiazole rings is 1. The number of amides is 3. The van der Waals surface area contributed by atoms with Crippen molar-refractivity contribution in [1.82, 2.24) is 25.6 Å². The van der Waals surface area contributed by atoms with Crippen LogP contribution in [0.1, 0.15) is 66.4 Å². The highest BCUT2D eigenvalue weighted by atomic mass is 32.1. The van der Waals surface area contributed by atoms with Crippen LogP contribution < -0.4 is 10.7 Å². The van der Waals surface area contributed by atoms with Crippen molar-refractivity contribution in [1.29, 1.82) is 0 Å². The Bertz CT molecular complexity index is 782. The van der Waals surface area contributed by atoms with E-state index in [0.29, 0.717) is 37.9 Å². The van der Waals surface area contributed by atoms with Gasteiger partial charge in [0.1, 0.15) is 5.69 Å². The summed E-state index contributed by atoms with van der Waals surface area (Å²) in [7, 11) is 0. The van der Waals surface area contributed by atoms with Crippen molar-refractivity contribution >= 4 is 23.3 Å². The molecule has 2 N–H and O–H groups in total. The SMILES string of the molecule is O=C(NN1CCOCC1)c1csc(C2CCN(C(=O)NCCC3=CCCCC3)CC2)n1. The van der Waals surface area contributed by atoms with Crippen LogP contribution >= 0.6 is 11.3 Å². The molecule has 3 amide bonds. The van der Waals surface area contributed by atoms with Crippen molar-refractivity contribution in [2.75, 3.05) is 45.9 Å². The molecule has 8 nitrogen and oxygen atoms in total. The van der Waals surface area contributed by atoms with Gasteiger partial charge in [0.2, 0.25) is 0 Å². The van der Waals surface area contributed by atoms with Gasteiger partial charge in [-0.15, -0.1) is 11.3 Å². The topological polar surface area (TPSA) is 86.8 Å². The van der Waals surface area contributed by atoms with Crippen LogP contribution in [0.25, 0.3) is 0 Å². The van der Waals surface area contributed by atoms with Crippen LogP contribution in [0.3, 0.4) is 0 Å². The van der Waals surface area contributed by atoms with Crippen LogP contribution in [-0.4, -0.2) is 72.8 Å². The molecule has 170 valence electrons. The average Bonchev–Trinajstić information content (AvgIpc) is 3.31. The molecule has 0 saturated carbocycles. The third-order valence-corrected chi connectivity index (χ3v) is 7.27. The quantitative estimate of drug-likeness (QED) is 0.655. The van der Waals surface area contributed by atoms with E-state index in [9.17, 15) is 9.59 Å². The minimum absolute atomic E-state index is 0.0413. The standard InChI is InChI=1S/C22H33N5O3S/c28-20(25-27-12-14-30-15-13-27)19-16-31-21(24-19)18-7-10-26(11-8-18)22(29)23-9-6-17-4-2-1-3-5-17/h4,16,18H,1-3,5-15H2,(H,23,29)(H,25,28). The van der Waals surface area contributed by atoms with Gasteiger partial charge in [0, 0.05) is 44.0 Å². The molecule has 0 unspecified atom stereocenters. The lowest BCUT2D eigenvalue weighted by Gasteiger charge is -2.31. The highest BCUT2D eigenvalue weighted by Gasteiger charge is 2.26. The number of nitrogens with zero attached hydrogens (tertiary/aromatic N) is 3. The van der Waals surface area contributed by atoms with Crippen molar-refractivity contribution in [3.05, 3.63) is 27.7 Å². The third-order valence-electron chi connectivity index (χ3n) is 6.26. The van der Waals surface area contributed by atoms with E-state index in [1.165, 1.54) is 31.3 Å². The Balaban J connectivity index is 1.19. The molecule has 3 aliphatic rings. The summed E-state index contributed by atoms with van der Waals surface area (Å²) >= 11 is 1.55. The molecule has 0 bridgehead atoms. The van der Waals surface area contributed by atoms with Gasteiger partial charge in [0.05, 0.1) is 18.2 Å². The van der Waals surface area contributed by atoms with Crippen molar-refractivity contribution in [3.8, 4) is 0 Å². The van der Waals surface area contributed by atoms with E-state index in [1.54, 1.807) is 11.3 Å². The molecule has 31 heavy (non-hydrogen) atoms. The lowest BCUT2D eigenvalue weighted by atomic mass is 9.97. The first-order valence-electron chi connectivity index (χ1n) is 11.5. The minimum Gasteiger partial charge on any atom is -0.379 e. The molecule has 3 heterocycles. The normalized spacial score (nSPS) is 20.9. The van der Waals surface area contributed by atoms with Gasteiger partial charge >= 0.3 is 6.03 Å². The van der Waals surface area contributed by atoms with E-state index in [1.807, 2.05) is 15.3 Å². The number of hydrogen-bond acceptors (Lipinski definition) is 6. The molecule has 2 aliphatic heterocycles. The number of morpholine rings is 1. The van der Waals surface area contributed by atoms with Crippen LogP contribution in [0.2, 0.25) is 0 Å². The number of hydrazine groups is 1. The lowest BCUT2D eigenvalue weighted by molar-refractivity contribution is 0.0125. The number of allylic oxidation sites excluding steroid dienone is 1. The van der Waals surface area contributed by atoms with Gasteiger partial charge in [-0.05, 0) is 44.9 Å². The molecule has 0 aromatic carbocycles. The van der Waals surface area contributed by atoms with Crippen molar-refractivity contribution in [3.63, 3.8) is 0 Å². The summed E-state index contributed by atoms with van der Waals surface area (Å²) in [6.07, 6.45) is 10.0. The molecule has 9 heteroatoms. The number of rotatable bonds is 6. The van der Waals surface area contributed by atoms with E-state index in [2.05, 4.69) is 21.8 Å². The zero-order valence-corrected chi connectivity index (χ0v) is 18.9. The van der Waals surface area contributed by atoms with Gasteiger partial charge in [0.15, 0.2) is 0 Å². The van der Waals surface area contributed by atoms with Crippen molar-refractivity contribution < 1.29 is 14.3 Å². The zero-order valence-electron chi connectivity index (χ0n) is 18.1. The molecule has 4 rings (SSSR count). The summed E-state index contributed by atoms with van der Waals surface area (Å²) in [5.74, 6) is 0.153. The van der Waals surface area contributed by atoms with Crippen molar-refractivity contribution in [2.45, 2.75) is 50.9 Å². The number of carbonyl (C=O) groups is 2. The summed E-state index contributed by atoms with van der Waals surface area (Å²) in [6, 6.07) is 0.0413. The Labute approximate surface area is 188 Å². The summed E-state index contributed by atoms with van der Waals surface area (Å²) in [4.78, 5) is 31.4. The van der Waals surface area contributed by atoms with Gasteiger partial charge < -0.3 is 15.0 Å². The molecule has 2 fully saturated rings. The number of carbonyl (C=O) groups excluding carboxylic acids is 2. The summed E-state index contributed by atoms with van der Waals surface area (Å²) < 4.78 is 5.30. The van der Waals surface area contributed by atoms with Crippen LogP contribution in [0.5, 0.6) is 0 Å². The molecule has 2 saturated heterocycles. The maximum Gasteiger partial charge on any atom is 0.317 e. The minimum atomic E-state index is -0.158. The molecule has 0 radical (unpaired) electrons. The second kappa shape index (κ2) is 11.1. The predicted octanol–water partition coefficient (Wildman–Crippen LogP) is 2.90. The Hall–Kier alpha value is -1.97. The van der Waals surface area contributed by atoms with Gasteiger partial charge in [-0.2, -0.15) is 0 Å². The highest BCUT2D eigenvalue weighted by molar-refractivity contribution is 7.09. The van der Waals surface area contributed by atoms with Crippen LogP contribution in [0, 0.1) is 0 Å². The number of likely N-dealkylation sites (tertiary alicyclic amines) is 1. The second-order valence-corrected chi connectivity index (χ2v) is 9.35. The van der Waals surface area contributed by atoms with Crippen molar-refractivity contribution in [2.24, 2.45) is 0 Å². The maximum atomic E-state index is 12.5. The van der Waals surface area contributed by atoms with Gasteiger partial charge in [-0.1, -0.05) is 11.6 Å². The highest BCUT2D eigenvalue weighted by Crippen LogP contribution is 2.30.